The average molecular weight is 987 g/mol. The summed E-state index contributed by atoms with van der Waals surface area (Å²) in [5.74, 6) is 0.254. The fraction of sp³-hybridized carbons (Fsp3) is 0.385. The van der Waals surface area contributed by atoms with Crippen LogP contribution in [0, 0.1) is 11.8 Å². The predicted octanol–water partition coefficient (Wildman–Crippen LogP) is 10.6. The lowest BCUT2D eigenvalue weighted by Crippen LogP contribution is -2.52. The Morgan fingerprint density at radius 3 is 2.29 bits per heavy atom. The molecule has 68 heavy (non-hydrogen) atoms. The largest absolute Gasteiger partial charge is 0.489 e. The highest BCUT2D eigenvalue weighted by Gasteiger charge is 2.39. The van der Waals surface area contributed by atoms with E-state index in [1.807, 2.05) is 60.7 Å². The van der Waals surface area contributed by atoms with Crippen molar-refractivity contribution in [2.45, 2.75) is 75.2 Å². The second-order valence-corrected chi connectivity index (χ2v) is 19.7. The van der Waals surface area contributed by atoms with Crippen molar-refractivity contribution in [3.05, 3.63) is 153 Å². The Kier molecular flexibility index (Phi) is 15.4. The summed E-state index contributed by atoms with van der Waals surface area (Å²) >= 11 is 14.3. The Balaban J connectivity index is 0.878. The fourth-order valence-electron chi connectivity index (χ4n) is 9.13. The van der Waals surface area contributed by atoms with Crippen LogP contribution in [0.3, 0.4) is 0 Å². The van der Waals surface area contributed by atoms with Crippen molar-refractivity contribution in [3.8, 4) is 17.2 Å². The van der Waals surface area contributed by atoms with Crippen LogP contribution in [0.15, 0.2) is 109 Å². The van der Waals surface area contributed by atoms with Gasteiger partial charge in [0.1, 0.15) is 24.6 Å². The minimum Gasteiger partial charge on any atom is -0.489 e. The summed E-state index contributed by atoms with van der Waals surface area (Å²) in [6, 6.07) is 29.1. The van der Waals surface area contributed by atoms with Crippen molar-refractivity contribution in [1.82, 2.24) is 14.8 Å². The van der Waals surface area contributed by atoms with Gasteiger partial charge in [-0.15, -0.1) is 11.8 Å². The van der Waals surface area contributed by atoms with E-state index in [2.05, 4.69) is 9.88 Å². The first-order valence-corrected chi connectivity index (χ1v) is 24.8. The molecule has 10 rings (SSSR count). The molecule has 5 aromatic rings. The molecule has 16 heteroatoms. The molecule has 0 unspecified atom stereocenters. The number of carbonyl (C=O) groups excluding carboxylic acids is 3. The lowest BCUT2D eigenvalue weighted by Gasteiger charge is -2.44. The van der Waals surface area contributed by atoms with Gasteiger partial charge in [-0.3, -0.25) is 19.5 Å². The van der Waals surface area contributed by atoms with Crippen LogP contribution in [0.5, 0.6) is 17.2 Å². The molecule has 5 aliphatic rings. The van der Waals surface area contributed by atoms with E-state index in [4.69, 9.17) is 46.9 Å². The highest BCUT2D eigenvalue weighted by molar-refractivity contribution is 8.00. The number of piperidine rings is 3. The Labute approximate surface area is 408 Å². The van der Waals surface area contributed by atoms with E-state index in [1.165, 1.54) is 47.3 Å². The third-order valence-electron chi connectivity index (χ3n) is 13.0. The number of nitrogens with zero attached hydrogens (tertiary/aromatic N) is 3. The number of hydrogen-bond acceptors (Lipinski definition) is 11. The first-order chi connectivity index (χ1) is 33.0. The number of rotatable bonds is 19. The van der Waals surface area contributed by atoms with Gasteiger partial charge in [-0.25, -0.2) is 4.79 Å². The third-order valence-corrected chi connectivity index (χ3v) is 14.8. The number of benzene rings is 4. The van der Waals surface area contributed by atoms with Crippen molar-refractivity contribution >= 4 is 52.8 Å². The maximum absolute atomic E-state index is 14.2. The molecule has 0 N–H and O–H groups in total. The number of amides is 1. The third kappa shape index (κ3) is 11.9. The van der Waals surface area contributed by atoms with Gasteiger partial charge in [-0.2, -0.15) is 8.78 Å². The number of halogens is 4. The Morgan fingerprint density at radius 2 is 1.56 bits per heavy atom. The summed E-state index contributed by atoms with van der Waals surface area (Å²) in [7, 11) is 0. The summed E-state index contributed by atoms with van der Waals surface area (Å²) in [4.78, 5) is 49.8. The number of alkyl halides is 2. The summed E-state index contributed by atoms with van der Waals surface area (Å²) in [6.07, 6.45) is 6.04. The molecule has 5 fully saturated rings. The lowest BCUT2D eigenvalue weighted by atomic mass is 9.85. The Hall–Kier alpha value is -5.41. The van der Waals surface area contributed by atoms with Crippen LogP contribution in [0.25, 0.3) is 0 Å². The number of thioether (sulfide) groups is 1. The molecular formula is C52H51Cl2F2N3O8S. The van der Waals surface area contributed by atoms with Gasteiger partial charge in [-0.1, -0.05) is 83.9 Å². The zero-order valence-corrected chi connectivity index (χ0v) is 39.5. The van der Waals surface area contributed by atoms with Gasteiger partial charge in [0.15, 0.2) is 16.9 Å². The number of esters is 2. The van der Waals surface area contributed by atoms with Gasteiger partial charge in [0.2, 0.25) is 0 Å². The van der Waals surface area contributed by atoms with E-state index in [0.717, 1.165) is 62.0 Å². The molecule has 5 heterocycles. The van der Waals surface area contributed by atoms with Crippen molar-refractivity contribution < 1.29 is 46.8 Å². The minimum atomic E-state index is -3.08. The predicted molar refractivity (Wildman–Crippen MR) is 255 cm³/mol. The highest BCUT2D eigenvalue weighted by Crippen LogP contribution is 2.40. The standard InChI is InChI=1S/C52H51Cl2F2N3O8S/c53-42-27-57-28-43(54)41(42)25-45(37-14-15-44(67-52(55)56)46(24-37)64-30-32-12-13-32)66-51(62)50-59(20-21-68-50)49(61)38-10-4-6-33(22-38)31-63-39-11-5-9-36(23-39)40(34-7-2-1-3-8-34)26-48(60)65-47-29-58-18-16-35(47)17-19-58/h1-11,14-15,22-24,27-28,32,35,40,45,47,50,52H,12-13,16-21,25-26,29-31H2/t40-,45-,47-,50-/m0/s1. The molecule has 4 aromatic carbocycles. The molecule has 1 amide bonds. The second-order valence-electron chi connectivity index (χ2n) is 17.7. The van der Waals surface area contributed by atoms with Gasteiger partial charge in [0, 0.05) is 49.1 Å². The van der Waals surface area contributed by atoms with Crippen LogP contribution in [-0.4, -0.2) is 89.3 Å². The number of fused-ring (bicyclic) bond motifs is 3. The number of carbonyl (C=O) groups is 3. The average Bonchev–Trinajstić information content (AvgIpc) is 4.05. The Morgan fingerprint density at radius 1 is 0.794 bits per heavy atom. The fourth-order valence-corrected chi connectivity index (χ4v) is 10.7. The molecule has 356 valence electrons. The molecule has 4 atom stereocenters. The zero-order valence-electron chi connectivity index (χ0n) is 37.2. The topological polar surface area (TPSA) is 117 Å². The van der Waals surface area contributed by atoms with E-state index in [1.54, 1.807) is 18.2 Å². The van der Waals surface area contributed by atoms with E-state index in [-0.39, 0.29) is 71.4 Å². The normalized spacial score (nSPS) is 20.7. The molecule has 4 saturated heterocycles. The van der Waals surface area contributed by atoms with Crippen molar-refractivity contribution in [2.75, 3.05) is 38.5 Å². The lowest BCUT2D eigenvalue weighted by molar-refractivity contribution is -0.159. The van der Waals surface area contributed by atoms with E-state index < -0.39 is 24.1 Å². The Bertz CT molecular complexity index is 2560. The SMILES string of the molecule is O=C(C[C@@H](c1ccccc1)c1cccc(OCc2cccc(C(=O)N3CCS[C@H]3C(=O)O[C@@H](Cc3c(Cl)cncc3Cl)c3ccc(OC(F)F)c(OCC4CC4)c3)c2)c1)O[C@H]1CN2CCC1CC2. The summed E-state index contributed by atoms with van der Waals surface area (Å²) in [5.41, 5.74) is 3.90. The quantitative estimate of drug-likeness (QED) is 0.0736. The van der Waals surface area contributed by atoms with Crippen LogP contribution in [0.2, 0.25) is 10.0 Å². The summed E-state index contributed by atoms with van der Waals surface area (Å²) < 4.78 is 56.1. The zero-order chi connectivity index (χ0) is 47.1. The van der Waals surface area contributed by atoms with Gasteiger partial charge in [-0.05, 0) is 115 Å². The van der Waals surface area contributed by atoms with Gasteiger partial charge in [0.25, 0.3) is 5.91 Å². The maximum atomic E-state index is 14.2. The molecule has 4 aliphatic heterocycles. The number of hydrogen-bond donors (Lipinski definition) is 0. The molecule has 0 radical (unpaired) electrons. The van der Waals surface area contributed by atoms with Gasteiger partial charge in [0.05, 0.1) is 23.1 Å². The van der Waals surface area contributed by atoms with Crippen LogP contribution < -0.4 is 14.2 Å². The van der Waals surface area contributed by atoms with Crippen LogP contribution >= 0.6 is 35.0 Å². The maximum Gasteiger partial charge on any atom is 0.387 e. The van der Waals surface area contributed by atoms with Crippen molar-refractivity contribution in [3.63, 3.8) is 0 Å². The monoisotopic (exact) mass is 985 g/mol. The van der Waals surface area contributed by atoms with Gasteiger partial charge >= 0.3 is 18.6 Å². The van der Waals surface area contributed by atoms with E-state index >= 15 is 0 Å². The molecule has 0 spiro atoms. The molecule has 1 aliphatic carbocycles. The van der Waals surface area contributed by atoms with Crippen LogP contribution in [0.1, 0.15) is 82.3 Å². The molecular weight excluding hydrogens is 936 g/mol. The summed E-state index contributed by atoms with van der Waals surface area (Å²) in [6.45, 7) is 0.615. The van der Waals surface area contributed by atoms with E-state index in [9.17, 15) is 23.2 Å². The highest BCUT2D eigenvalue weighted by atomic mass is 35.5. The first-order valence-electron chi connectivity index (χ1n) is 23.0. The molecule has 1 aromatic heterocycles. The first kappa shape index (κ1) is 47.6. The van der Waals surface area contributed by atoms with Crippen molar-refractivity contribution in [2.24, 2.45) is 11.8 Å². The van der Waals surface area contributed by atoms with Gasteiger partial charge < -0.3 is 28.6 Å². The van der Waals surface area contributed by atoms with Crippen molar-refractivity contribution in [1.29, 1.82) is 0 Å². The molecule has 11 nitrogen and oxygen atoms in total. The minimum absolute atomic E-state index is 0.0124. The van der Waals surface area contributed by atoms with Crippen LogP contribution in [-0.2, 0) is 32.1 Å². The number of ether oxygens (including phenoxy) is 5. The smallest absolute Gasteiger partial charge is 0.387 e. The summed E-state index contributed by atoms with van der Waals surface area (Å²) in [5, 5.41) is -0.496. The van der Waals surface area contributed by atoms with E-state index in [0.29, 0.717) is 46.6 Å². The molecule has 2 bridgehead atoms. The number of aromatic nitrogens is 1. The molecule has 1 saturated carbocycles. The number of pyridine rings is 1. The van der Waals surface area contributed by atoms with Crippen LogP contribution in [0.4, 0.5) is 8.78 Å². The second kappa shape index (κ2) is 21.9.